The minimum atomic E-state index is -5.14. The van der Waals surface area contributed by atoms with Gasteiger partial charge in [0.2, 0.25) is 11.8 Å². The number of aromatic nitrogens is 1. The Morgan fingerprint density at radius 1 is 0.907 bits per heavy atom. The highest BCUT2D eigenvalue weighted by molar-refractivity contribution is 6.32. The fourth-order valence-corrected chi connectivity index (χ4v) is 4.60. The summed E-state index contributed by atoms with van der Waals surface area (Å²) in [7, 11) is 0. The van der Waals surface area contributed by atoms with Gasteiger partial charge in [-0.25, -0.2) is 4.98 Å². The summed E-state index contributed by atoms with van der Waals surface area (Å²) in [4.78, 5) is 30.6. The number of nitrogens with zero attached hydrogens (tertiary/aromatic N) is 2. The van der Waals surface area contributed by atoms with Gasteiger partial charge >= 0.3 is 18.5 Å². The molecule has 0 saturated carbocycles. The maximum absolute atomic E-state index is 13.2. The van der Waals surface area contributed by atoms with Crippen LogP contribution in [0.4, 0.5) is 45.2 Å². The van der Waals surface area contributed by atoms with E-state index in [2.05, 4.69) is 10.3 Å². The lowest BCUT2D eigenvalue weighted by molar-refractivity contribution is -0.143. The summed E-state index contributed by atoms with van der Waals surface area (Å²) in [5, 5.41) is 1.78. The molecule has 16 heteroatoms. The third-order valence-electron chi connectivity index (χ3n) is 6.39. The second-order valence-corrected chi connectivity index (χ2v) is 9.86. The number of likely N-dealkylation sites (tertiary alicyclic amines) is 1. The van der Waals surface area contributed by atoms with E-state index in [1.165, 1.54) is 24.3 Å². The van der Waals surface area contributed by atoms with Crippen molar-refractivity contribution in [3.05, 3.63) is 82.0 Å². The molecule has 1 fully saturated rings. The first-order chi connectivity index (χ1) is 19.9. The summed E-state index contributed by atoms with van der Waals surface area (Å²) < 4.78 is 124. The first kappa shape index (κ1) is 31.9. The topological polar surface area (TPSA) is 71.5 Å². The summed E-state index contributed by atoms with van der Waals surface area (Å²) >= 11 is 5.79. The SMILES string of the molecule is O=C(Nc1cccc(Oc2nccc(C(F)(F)F)c2Cl)c1)C1CCCN(C(=O)c2cc(C(F)(F)F)cc(C(F)(F)F)c2)C1. The smallest absolute Gasteiger partial charge is 0.418 e. The number of pyridine rings is 1. The highest BCUT2D eigenvalue weighted by Crippen LogP contribution is 2.40. The van der Waals surface area contributed by atoms with Crippen molar-refractivity contribution in [1.82, 2.24) is 9.88 Å². The number of anilines is 1. The number of alkyl halides is 9. The Balaban J connectivity index is 1.47. The molecule has 1 aliphatic heterocycles. The number of halogens is 10. The number of benzene rings is 2. The predicted molar refractivity (Wildman–Crippen MR) is 134 cm³/mol. The standard InChI is InChI=1S/C27H19ClF9N3O3/c28-21-20(27(35,36)37)6-7-38-23(21)43-19-5-1-4-18(12-19)39-22(41)14-3-2-8-40(13-14)24(42)15-9-16(25(29,30)31)11-17(10-15)26(32,33)34/h1,4-7,9-12,14H,2-3,8,13H2,(H,39,41). The van der Waals surface area contributed by atoms with Crippen LogP contribution in [0.15, 0.2) is 54.7 Å². The minimum absolute atomic E-state index is 0.00567. The zero-order valence-electron chi connectivity index (χ0n) is 21.5. The molecule has 0 bridgehead atoms. The molecule has 0 aliphatic carbocycles. The molecule has 1 aliphatic rings. The monoisotopic (exact) mass is 639 g/mol. The second-order valence-electron chi connectivity index (χ2n) is 9.48. The van der Waals surface area contributed by atoms with E-state index < -0.39 is 69.4 Å². The molecule has 1 atom stereocenters. The number of rotatable bonds is 5. The van der Waals surface area contributed by atoms with Crippen LogP contribution in [0, 0.1) is 5.92 Å². The number of amides is 2. The lowest BCUT2D eigenvalue weighted by atomic mass is 9.95. The van der Waals surface area contributed by atoms with Gasteiger partial charge in [-0.05, 0) is 49.2 Å². The van der Waals surface area contributed by atoms with Gasteiger partial charge in [0.05, 0.1) is 22.6 Å². The lowest BCUT2D eigenvalue weighted by Crippen LogP contribution is -2.43. The van der Waals surface area contributed by atoms with Gasteiger partial charge in [-0.3, -0.25) is 9.59 Å². The Morgan fingerprint density at radius 3 is 2.16 bits per heavy atom. The summed E-state index contributed by atoms with van der Waals surface area (Å²) in [5.74, 6) is -3.17. The molecule has 2 aromatic carbocycles. The van der Waals surface area contributed by atoms with Crippen LogP contribution in [0.1, 0.15) is 39.9 Å². The highest BCUT2D eigenvalue weighted by atomic mass is 35.5. The molecular formula is C27H19ClF9N3O3. The van der Waals surface area contributed by atoms with E-state index >= 15 is 0 Å². The molecule has 0 spiro atoms. The number of nitrogens with one attached hydrogen (secondary N) is 1. The van der Waals surface area contributed by atoms with Crippen LogP contribution in [0.25, 0.3) is 0 Å². The van der Waals surface area contributed by atoms with E-state index in [4.69, 9.17) is 16.3 Å². The molecule has 3 aromatic rings. The predicted octanol–water partition coefficient (Wildman–Crippen LogP) is 8.07. The van der Waals surface area contributed by atoms with Crippen LogP contribution in [0.2, 0.25) is 5.02 Å². The molecule has 1 saturated heterocycles. The van der Waals surface area contributed by atoms with Gasteiger partial charge in [-0.2, -0.15) is 39.5 Å². The summed E-state index contributed by atoms with van der Waals surface area (Å²) in [6, 6.07) is 6.72. The van der Waals surface area contributed by atoms with Gasteiger partial charge in [0.15, 0.2) is 0 Å². The maximum Gasteiger partial charge on any atom is 0.418 e. The first-order valence-corrected chi connectivity index (χ1v) is 12.7. The molecular weight excluding hydrogens is 621 g/mol. The van der Waals surface area contributed by atoms with Crippen molar-refractivity contribution in [2.24, 2.45) is 5.92 Å². The van der Waals surface area contributed by atoms with E-state index in [9.17, 15) is 49.1 Å². The minimum Gasteiger partial charge on any atom is -0.437 e. The van der Waals surface area contributed by atoms with Crippen LogP contribution in [0.5, 0.6) is 11.6 Å². The Kier molecular flexibility index (Phi) is 8.86. The van der Waals surface area contributed by atoms with Crippen molar-refractivity contribution in [2.75, 3.05) is 18.4 Å². The van der Waals surface area contributed by atoms with Crippen LogP contribution in [-0.4, -0.2) is 34.8 Å². The summed E-state index contributed by atoms with van der Waals surface area (Å²) in [5.41, 5.74) is -5.13. The fourth-order valence-electron chi connectivity index (χ4n) is 4.34. The Hall–Kier alpha value is -4.01. The number of hydrogen-bond donors (Lipinski definition) is 1. The van der Waals surface area contributed by atoms with Crippen LogP contribution < -0.4 is 10.1 Å². The van der Waals surface area contributed by atoms with E-state index in [0.717, 1.165) is 11.1 Å². The van der Waals surface area contributed by atoms with Crippen LogP contribution in [0.3, 0.4) is 0 Å². The zero-order valence-corrected chi connectivity index (χ0v) is 22.3. The van der Waals surface area contributed by atoms with Crippen molar-refractivity contribution < 1.29 is 53.8 Å². The maximum atomic E-state index is 13.2. The summed E-state index contributed by atoms with van der Waals surface area (Å²) in [6.45, 7) is -0.295. The van der Waals surface area contributed by atoms with Crippen LogP contribution >= 0.6 is 11.6 Å². The Bertz CT molecular complexity index is 1490. The lowest BCUT2D eigenvalue weighted by Gasteiger charge is -2.32. The van der Waals surface area contributed by atoms with Gasteiger partial charge in [0.1, 0.15) is 10.8 Å². The average Bonchev–Trinajstić information content (AvgIpc) is 2.92. The summed E-state index contributed by atoms with van der Waals surface area (Å²) in [6.07, 6.45) is -13.7. The number of piperidine rings is 1. The van der Waals surface area contributed by atoms with Gasteiger partial charge in [0.25, 0.3) is 5.91 Å². The molecule has 0 radical (unpaired) electrons. The molecule has 2 amide bonds. The number of hydrogen-bond acceptors (Lipinski definition) is 4. The van der Waals surface area contributed by atoms with E-state index in [-0.39, 0.29) is 43.4 Å². The highest BCUT2D eigenvalue weighted by Gasteiger charge is 2.39. The van der Waals surface area contributed by atoms with E-state index in [0.29, 0.717) is 18.2 Å². The average molecular weight is 640 g/mol. The Labute approximate surface area is 242 Å². The second kappa shape index (κ2) is 11.9. The number of ether oxygens (including phenoxy) is 1. The molecule has 2 heterocycles. The number of carbonyl (C=O) groups excluding carboxylic acids is 2. The molecule has 1 aromatic heterocycles. The zero-order chi connectivity index (χ0) is 31.7. The van der Waals surface area contributed by atoms with Crippen molar-refractivity contribution in [3.63, 3.8) is 0 Å². The number of carbonyl (C=O) groups is 2. The van der Waals surface area contributed by atoms with E-state index in [1.54, 1.807) is 0 Å². The quantitative estimate of drug-likeness (QED) is 0.287. The molecule has 6 nitrogen and oxygen atoms in total. The third-order valence-corrected chi connectivity index (χ3v) is 6.76. The van der Waals surface area contributed by atoms with E-state index in [1.807, 2.05) is 0 Å². The Morgan fingerprint density at radius 2 is 1.56 bits per heavy atom. The fraction of sp³-hybridized carbons (Fsp3) is 0.296. The first-order valence-electron chi connectivity index (χ1n) is 12.3. The van der Waals surface area contributed by atoms with Gasteiger partial charge in [-0.15, -0.1) is 0 Å². The van der Waals surface area contributed by atoms with Gasteiger partial charge < -0.3 is 15.0 Å². The van der Waals surface area contributed by atoms with Crippen LogP contribution in [-0.2, 0) is 23.3 Å². The normalized spacial score (nSPS) is 16.1. The van der Waals surface area contributed by atoms with Gasteiger partial charge in [0, 0.05) is 36.6 Å². The molecule has 1 N–H and O–H groups in total. The van der Waals surface area contributed by atoms with Crippen molar-refractivity contribution in [3.8, 4) is 11.6 Å². The molecule has 230 valence electrons. The largest absolute Gasteiger partial charge is 0.437 e. The van der Waals surface area contributed by atoms with Crippen molar-refractivity contribution in [1.29, 1.82) is 0 Å². The van der Waals surface area contributed by atoms with Crippen molar-refractivity contribution in [2.45, 2.75) is 31.4 Å². The third kappa shape index (κ3) is 7.69. The molecule has 43 heavy (non-hydrogen) atoms. The van der Waals surface area contributed by atoms with Gasteiger partial charge in [-0.1, -0.05) is 17.7 Å². The van der Waals surface area contributed by atoms with Crippen molar-refractivity contribution >= 4 is 29.1 Å². The molecule has 4 rings (SSSR count). The molecule has 1 unspecified atom stereocenters.